The normalized spacial score (nSPS) is 12.5. The molecule has 1 aliphatic carbocycles. The van der Waals surface area contributed by atoms with Crippen LogP contribution in [-0.4, -0.2) is 9.13 Å². The monoisotopic (exact) mass is 722 g/mol. The van der Waals surface area contributed by atoms with Crippen LogP contribution in [0.2, 0.25) is 0 Å². The lowest BCUT2D eigenvalue weighted by Gasteiger charge is -2.14. The van der Waals surface area contributed by atoms with Gasteiger partial charge in [0.05, 0.1) is 22.1 Å². The van der Waals surface area contributed by atoms with Crippen LogP contribution in [-0.2, 0) is 6.42 Å². The highest BCUT2D eigenvalue weighted by atomic mass is 15.0. The second-order valence-electron chi connectivity index (χ2n) is 15.6. The number of benzene rings is 10. The van der Waals surface area contributed by atoms with Crippen molar-refractivity contribution < 1.29 is 0 Å². The summed E-state index contributed by atoms with van der Waals surface area (Å²) in [5.74, 6) is 0. The largest absolute Gasteiger partial charge is 0.309 e. The van der Waals surface area contributed by atoms with Crippen LogP contribution < -0.4 is 0 Å². The Labute approximate surface area is 329 Å². The average Bonchev–Trinajstić information content (AvgIpc) is 3.93. The van der Waals surface area contributed by atoms with E-state index in [1.165, 1.54) is 121 Å². The lowest BCUT2D eigenvalue weighted by atomic mass is 9.90. The molecule has 0 N–H and O–H groups in total. The number of hydrogen-bond acceptors (Lipinski definition) is 0. The zero-order valence-corrected chi connectivity index (χ0v) is 31.1. The van der Waals surface area contributed by atoms with E-state index >= 15 is 0 Å². The fraction of sp³-hybridized carbons (Fsp3) is 0.0182. The molecule has 10 aromatic carbocycles. The summed E-state index contributed by atoms with van der Waals surface area (Å²) in [4.78, 5) is 0. The van der Waals surface area contributed by atoms with E-state index in [1.54, 1.807) is 0 Å². The molecule has 2 nitrogen and oxygen atoms in total. The van der Waals surface area contributed by atoms with Crippen molar-refractivity contribution in [2.24, 2.45) is 0 Å². The molecule has 57 heavy (non-hydrogen) atoms. The summed E-state index contributed by atoms with van der Waals surface area (Å²) in [6.45, 7) is 0. The minimum absolute atomic E-state index is 0.921. The molecule has 0 radical (unpaired) electrons. The highest BCUT2D eigenvalue weighted by Gasteiger charge is 2.24. The third-order valence-corrected chi connectivity index (χ3v) is 12.7. The van der Waals surface area contributed by atoms with Crippen LogP contribution in [0.1, 0.15) is 11.1 Å². The topological polar surface area (TPSA) is 9.86 Å². The Morgan fingerprint density at radius 2 is 0.807 bits per heavy atom. The number of rotatable bonds is 3. The first kappa shape index (κ1) is 30.9. The van der Waals surface area contributed by atoms with Crippen LogP contribution >= 0.6 is 0 Å². The Balaban J connectivity index is 0.999. The van der Waals surface area contributed by atoms with Gasteiger partial charge < -0.3 is 9.13 Å². The van der Waals surface area contributed by atoms with Gasteiger partial charge in [-0.3, -0.25) is 0 Å². The molecule has 2 heterocycles. The molecule has 1 aliphatic rings. The van der Waals surface area contributed by atoms with Crippen molar-refractivity contribution in [1.82, 2.24) is 9.13 Å². The minimum atomic E-state index is 0.921. The predicted octanol–water partition coefficient (Wildman–Crippen LogP) is 14.6. The standard InChI is InChI=1S/C55H34N2/c1-2-13-36(14-3-1)56-52-23-10-8-19-45(52)50-33-55-51(32-54(50)56)46-20-9-11-24-53(46)57(55)37-27-25-35-30-48-38(21-12-22-43(48)47(35)31-37)34-26-28-44-41-17-5-4-15-39(41)40-16-6-7-18-42(40)49(44)29-34/h1-29,31-33H,30H2. The van der Waals surface area contributed by atoms with Gasteiger partial charge in [-0.2, -0.15) is 0 Å². The van der Waals surface area contributed by atoms with E-state index in [0.717, 1.165) is 6.42 Å². The summed E-state index contributed by atoms with van der Waals surface area (Å²) in [5.41, 5.74) is 15.3. The molecule has 2 aromatic heterocycles. The number of nitrogens with zero attached hydrogens (tertiary/aromatic N) is 2. The Morgan fingerprint density at radius 1 is 0.281 bits per heavy atom. The van der Waals surface area contributed by atoms with Crippen LogP contribution in [0.4, 0.5) is 0 Å². The second kappa shape index (κ2) is 11.6. The minimum Gasteiger partial charge on any atom is -0.309 e. The Bertz CT molecular complexity index is 3620. The van der Waals surface area contributed by atoms with Gasteiger partial charge in [0.2, 0.25) is 0 Å². The smallest absolute Gasteiger partial charge is 0.0548 e. The third kappa shape index (κ3) is 4.30. The van der Waals surface area contributed by atoms with Crippen LogP contribution in [0.5, 0.6) is 0 Å². The van der Waals surface area contributed by atoms with Crippen LogP contribution in [0, 0.1) is 0 Å². The first-order valence-corrected chi connectivity index (χ1v) is 19.9. The predicted molar refractivity (Wildman–Crippen MR) is 241 cm³/mol. The molecule has 0 fully saturated rings. The van der Waals surface area contributed by atoms with Gasteiger partial charge in [-0.1, -0.05) is 140 Å². The van der Waals surface area contributed by atoms with Crippen LogP contribution in [0.25, 0.3) is 110 Å². The van der Waals surface area contributed by atoms with Crippen molar-refractivity contribution in [3.8, 4) is 33.6 Å². The third-order valence-electron chi connectivity index (χ3n) is 12.7. The van der Waals surface area contributed by atoms with Crippen molar-refractivity contribution in [2.75, 3.05) is 0 Å². The molecule has 0 saturated heterocycles. The van der Waals surface area contributed by atoms with Gasteiger partial charge in [-0.05, 0) is 127 Å². The molecule has 12 aromatic rings. The first-order chi connectivity index (χ1) is 28.3. The molecule has 0 bridgehead atoms. The van der Waals surface area contributed by atoms with E-state index in [0.29, 0.717) is 0 Å². The maximum absolute atomic E-state index is 2.49. The number of fused-ring (bicyclic) bond motifs is 15. The van der Waals surface area contributed by atoms with Gasteiger partial charge in [-0.15, -0.1) is 0 Å². The zero-order valence-electron chi connectivity index (χ0n) is 31.1. The van der Waals surface area contributed by atoms with Crippen molar-refractivity contribution in [2.45, 2.75) is 6.42 Å². The molecule has 2 heteroatoms. The van der Waals surface area contributed by atoms with Gasteiger partial charge in [0, 0.05) is 32.9 Å². The summed E-state index contributed by atoms with van der Waals surface area (Å²) in [5, 5.41) is 12.9. The molecule has 0 saturated carbocycles. The maximum atomic E-state index is 2.49. The maximum Gasteiger partial charge on any atom is 0.0548 e. The number of hydrogen-bond donors (Lipinski definition) is 0. The summed E-state index contributed by atoms with van der Waals surface area (Å²) in [7, 11) is 0. The average molecular weight is 723 g/mol. The van der Waals surface area contributed by atoms with Crippen molar-refractivity contribution >= 4 is 75.9 Å². The fourth-order valence-corrected chi connectivity index (χ4v) is 10.2. The SMILES string of the molecule is c1ccc(-n2c3ccccc3c3cc4c(cc32)c2ccccc2n4-c2ccc3c(c2)-c2cccc(-c4ccc5c6ccccc6c6ccccc6c5c4)c2C3)cc1. The van der Waals surface area contributed by atoms with E-state index in [1.807, 2.05) is 0 Å². The van der Waals surface area contributed by atoms with Gasteiger partial charge in [0.1, 0.15) is 0 Å². The molecule has 0 aliphatic heterocycles. The molecule has 0 unspecified atom stereocenters. The molecule has 0 spiro atoms. The van der Waals surface area contributed by atoms with Crippen LogP contribution in [0.15, 0.2) is 194 Å². The van der Waals surface area contributed by atoms with Crippen molar-refractivity contribution in [3.63, 3.8) is 0 Å². The van der Waals surface area contributed by atoms with Crippen LogP contribution in [0.3, 0.4) is 0 Å². The number of aromatic nitrogens is 2. The van der Waals surface area contributed by atoms with Crippen molar-refractivity contribution in [1.29, 1.82) is 0 Å². The quantitative estimate of drug-likeness (QED) is 0.161. The Hall–Kier alpha value is -7.42. The first-order valence-electron chi connectivity index (χ1n) is 19.9. The highest BCUT2D eigenvalue weighted by molar-refractivity contribution is 6.26. The van der Waals surface area contributed by atoms with E-state index < -0.39 is 0 Å². The molecule has 0 amide bonds. The zero-order chi connectivity index (χ0) is 37.2. The van der Waals surface area contributed by atoms with Gasteiger partial charge >= 0.3 is 0 Å². The summed E-state index contributed by atoms with van der Waals surface area (Å²) >= 11 is 0. The lowest BCUT2D eigenvalue weighted by Crippen LogP contribution is -1.95. The summed E-state index contributed by atoms with van der Waals surface area (Å²) in [6.07, 6.45) is 0.921. The molecular weight excluding hydrogens is 689 g/mol. The second-order valence-corrected chi connectivity index (χ2v) is 15.6. The van der Waals surface area contributed by atoms with E-state index in [9.17, 15) is 0 Å². The Morgan fingerprint density at radius 3 is 1.46 bits per heavy atom. The van der Waals surface area contributed by atoms with Gasteiger partial charge in [-0.25, -0.2) is 0 Å². The fourth-order valence-electron chi connectivity index (χ4n) is 10.2. The van der Waals surface area contributed by atoms with E-state index in [2.05, 4.69) is 203 Å². The summed E-state index contributed by atoms with van der Waals surface area (Å²) < 4.78 is 4.90. The highest BCUT2D eigenvalue weighted by Crippen LogP contribution is 2.46. The molecule has 0 atom stereocenters. The molecular formula is C55H34N2. The lowest BCUT2D eigenvalue weighted by molar-refractivity contribution is 1.17. The van der Waals surface area contributed by atoms with E-state index in [4.69, 9.17) is 0 Å². The molecule has 264 valence electrons. The van der Waals surface area contributed by atoms with Gasteiger partial charge in [0.15, 0.2) is 0 Å². The van der Waals surface area contributed by atoms with Gasteiger partial charge in [0.25, 0.3) is 0 Å². The number of para-hydroxylation sites is 3. The summed E-state index contributed by atoms with van der Waals surface area (Å²) in [6, 6.07) is 72.1. The Kier molecular flexibility index (Phi) is 6.25. The van der Waals surface area contributed by atoms with Crippen molar-refractivity contribution in [3.05, 3.63) is 205 Å². The van der Waals surface area contributed by atoms with E-state index in [-0.39, 0.29) is 0 Å². The molecule has 13 rings (SSSR count).